The number of aromatic nitrogens is 1. The van der Waals surface area contributed by atoms with Crippen LogP contribution in [-0.2, 0) is 30.4 Å². The van der Waals surface area contributed by atoms with E-state index in [9.17, 15) is 24.0 Å². The van der Waals surface area contributed by atoms with E-state index in [1.807, 2.05) is 24.3 Å². The number of hydrogen-bond acceptors (Lipinski definition) is 7. The largest absolute Gasteiger partial charge is 0.481 e. The predicted octanol–water partition coefficient (Wildman–Crippen LogP) is -0.997. The molecular formula is C21H27N5O7S. The number of carboxylic acid groups (broad SMARTS) is 2. The normalized spacial score (nSPS) is 13.5. The second-order valence-electron chi connectivity index (χ2n) is 7.52. The number of carboxylic acids is 2. The zero-order valence-corrected chi connectivity index (χ0v) is 19.0. The average molecular weight is 494 g/mol. The van der Waals surface area contributed by atoms with E-state index in [1.54, 1.807) is 6.20 Å². The molecule has 3 unspecified atom stereocenters. The molecule has 0 fully saturated rings. The summed E-state index contributed by atoms with van der Waals surface area (Å²) in [6.45, 7) is -0.526. The maximum absolute atomic E-state index is 12.8. The number of hydrogen-bond donors (Lipinski definition) is 8. The predicted molar refractivity (Wildman–Crippen MR) is 125 cm³/mol. The summed E-state index contributed by atoms with van der Waals surface area (Å²) in [6, 6.07) is 3.84. The fraction of sp³-hybridized carbons (Fsp3) is 0.381. The smallest absolute Gasteiger partial charge is 0.327 e. The van der Waals surface area contributed by atoms with Gasteiger partial charge in [-0.1, -0.05) is 18.2 Å². The van der Waals surface area contributed by atoms with Crippen molar-refractivity contribution in [1.82, 2.24) is 20.9 Å². The quantitative estimate of drug-likeness (QED) is 0.162. The Morgan fingerprint density at radius 1 is 1.03 bits per heavy atom. The van der Waals surface area contributed by atoms with Gasteiger partial charge >= 0.3 is 11.9 Å². The second kappa shape index (κ2) is 12.6. The summed E-state index contributed by atoms with van der Waals surface area (Å²) >= 11 is 3.85. The van der Waals surface area contributed by atoms with Gasteiger partial charge in [0.05, 0.1) is 12.6 Å². The van der Waals surface area contributed by atoms with Crippen molar-refractivity contribution in [2.75, 3.05) is 12.3 Å². The van der Waals surface area contributed by atoms with Gasteiger partial charge in [0.2, 0.25) is 17.7 Å². The molecule has 0 aliphatic rings. The Bertz CT molecular complexity index is 1060. The van der Waals surface area contributed by atoms with Crippen molar-refractivity contribution in [1.29, 1.82) is 0 Å². The Morgan fingerprint density at radius 2 is 1.74 bits per heavy atom. The number of aromatic amines is 1. The number of nitrogens with two attached hydrogens (primary N) is 1. The van der Waals surface area contributed by atoms with Crippen molar-refractivity contribution >= 4 is 53.2 Å². The van der Waals surface area contributed by atoms with Gasteiger partial charge in [-0.15, -0.1) is 0 Å². The zero-order chi connectivity index (χ0) is 25.3. The number of thiol groups is 1. The van der Waals surface area contributed by atoms with E-state index in [-0.39, 0.29) is 25.0 Å². The highest BCUT2D eigenvalue weighted by Crippen LogP contribution is 2.19. The van der Waals surface area contributed by atoms with Crippen molar-refractivity contribution in [3.63, 3.8) is 0 Å². The number of H-pyrrole nitrogens is 1. The first-order valence-corrected chi connectivity index (χ1v) is 11.0. The topological polar surface area (TPSA) is 204 Å². The van der Waals surface area contributed by atoms with Crippen LogP contribution in [-0.4, -0.2) is 75.3 Å². The van der Waals surface area contributed by atoms with Gasteiger partial charge in [-0.05, 0) is 18.1 Å². The van der Waals surface area contributed by atoms with Gasteiger partial charge in [0.1, 0.15) is 12.1 Å². The van der Waals surface area contributed by atoms with Crippen molar-refractivity contribution in [3.05, 3.63) is 36.0 Å². The lowest BCUT2D eigenvalue weighted by atomic mass is 10.0. The highest BCUT2D eigenvalue weighted by Gasteiger charge is 2.26. The maximum atomic E-state index is 12.8. The van der Waals surface area contributed by atoms with Crippen LogP contribution in [0.25, 0.3) is 10.9 Å². The lowest BCUT2D eigenvalue weighted by Crippen LogP contribution is -2.54. The highest BCUT2D eigenvalue weighted by atomic mass is 32.1. The average Bonchev–Trinajstić information content (AvgIpc) is 3.21. The molecule has 0 saturated heterocycles. The molecule has 0 aliphatic carbocycles. The van der Waals surface area contributed by atoms with Crippen LogP contribution in [0, 0.1) is 0 Å². The Balaban J connectivity index is 2.11. The number of aliphatic carboxylic acids is 2. The van der Waals surface area contributed by atoms with Crippen LogP contribution < -0.4 is 21.7 Å². The van der Waals surface area contributed by atoms with Crippen molar-refractivity contribution < 1.29 is 34.2 Å². The van der Waals surface area contributed by atoms with Crippen molar-refractivity contribution in [2.45, 2.75) is 37.4 Å². The molecule has 12 nitrogen and oxygen atoms in total. The number of rotatable bonds is 13. The first-order valence-electron chi connectivity index (χ1n) is 10.4. The first-order chi connectivity index (χ1) is 16.1. The summed E-state index contributed by atoms with van der Waals surface area (Å²) in [6.07, 6.45) is 1.32. The summed E-state index contributed by atoms with van der Waals surface area (Å²) in [5.74, 6) is -4.67. The third-order valence-electron chi connectivity index (χ3n) is 4.98. The number of carbonyl (C=O) groups is 5. The summed E-state index contributed by atoms with van der Waals surface area (Å²) in [4.78, 5) is 62.2. The molecule has 0 bridgehead atoms. The molecule has 34 heavy (non-hydrogen) atoms. The van der Waals surface area contributed by atoms with Gasteiger partial charge in [-0.2, -0.15) is 12.6 Å². The second-order valence-corrected chi connectivity index (χ2v) is 7.89. The van der Waals surface area contributed by atoms with Gasteiger partial charge in [-0.3, -0.25) is 19.2 Å². The molecule has 3 atom stereocenters. The summed E-state index contributed by atoms with van der Waals surface area (Å²) in [5, 5.41) is 25.7. The van der Waals surface area contributed by atoms with Gasteiger partial charge < -0.3 is 36.9 Å². The van der Waals surface area contributed by atoms with Gasteiger partial charge in [0.25, 0.3) is 0 Å². The molecule has 8 N–H and O–H groups in total. The number of benzene rings is 1. The molecule has 13 heteroatoms. The van der Waals surface area contributed by atoms with E-state index in [0.717, 1.165) is 16.5 Å². The standard InChI is InChI=1S/C21H27N5O7S/c22-13(5-6-18(28)29)19(30)26-15(7-11-8-23-14-4-2-1-3-12(11)14)20(31)24-9-17(27)25-16(10-34)21(32)33/h1-4,8,13,15-16,23,34H,5-7,9-10,22H2,(H,24,31)(H,25,27)(H,26,30)(H,28,29)(H,32,33). The van der Waals surface area contributed by atoms with Crippen LogP contribution in [0.5, 0.6) is 0 Å². The van der Waals surface area contributed by atoms with E-state index < -0.39 is 54.3 Å². The number of nitrogens with one attached hydrogen (secondary N) is 4. The van der Waals surface area contributed by atoms with Crippen LogP contribution in [0.1, 0.15) is 18.4 Å². The monoisotopic (exact) mass is 493 g/mol. The van der Waals surface area contributed by atoms with Crippen LogP contribution in [0.15, 0.2) is 30.5 Å². The van der Waals surface area contributed by atoms with Gasteiger partial charge in [0.15, 0.2) is 0 Å². The zero-order valence-electron chi connectivity index (χ0n) is 18.1. The van der Waals surface area contributed by atoms with E-state index in [0.29, 0.717) is 0 Å². The molecule has 1 aromatic carbocycles. The van der Waals surface area contributed by atoms with E-state index in [2.05, 4.69) is 33.6 Å². The summed E-state index contributed by atoms with van der Waals surface area (Å²) < 4.78 is 0. The van der Waals surface area contributed by atoms with Crippen LogP contribution in [0.2, 0.25) is 0 Å². The molecule has 184 valence electrons. The number of para-hydroxylation sites is 1. The Kier molecular flexibility index (Phi) is 9.89. The van der Waals surface area contributed by atoms with Crippen molar-refractivity contribution in [2.24, 2.45) is 5.73 Å². The van der Waals surface area contributed by atoms with Crippen LogP contribution in [0.4, 0.5) is 0 Å². The minimum atomic E-state index is -1.27. The number of fused-ring (bicyclic) bond motifs is 1. The molecule has 0 radical (unpaired) electrons. The molecule has 0 spiro atoms. The Labute approximate surface area is 200 Å². The molecule has 1 aromatic heterocycles. The van der Waals surface area contributed by atoms with Crippen molar-refractivity contribution in [3.8, 4) is 0 Å². The summed E-state index contributed by atoms with van der Waals surface area (Å²) in [7, 11) is 0. The van der Waals surface area contributed by atoms with Crippen LogP contribution >= 0.6 is 12.6 Å². The van der Waals surface area contributed by atoms with E-state index in [4.69, 9.17) is 15.9 Å². The van der Waals surface area contributed by atoms with E-state index in [1.165, 1.54) is 0 Å². The third kappa shape index (κ3) is 7.78. The minimum absolute atomic E-state index is 0.0588. The fourth-order valence-electron chi connectivity index (χ4n) is 3.14. The van der Waals surface area contributed by atoms with Gasteiger partial charge in [0, 0.05) is 35.7 Å². The maximum Gasteiger partial charge on any atom is 0.327 e. The lowest BCUT2D eigenvalue weighted by Gasteiger charge is -2.21. The molecule has 2 aromatic rings. The summed E-state index contributed by atoms with van der Waals surface area (Å²) in [5.41, 5.74) is 7.31. The van der Waals surface area contributed by atoms with Gasteiger partial charge in [-0.25, -0.2) is 4.79 Å². The third-order valence-corrected chi connectivity index (χ3v) is 5.34. The molecule has 2 rings (SSSR count). The minimum Gasteiger partial charge on any atom is -0.481 e. The molecule has 1 heterocycles. The SMILES string of the molecule is NC(CCC(=O)O)C(=O)NC(Cc1c[nH]c2ccccc12)C(=O)NCC(=O)NC(CS)C(=O)O. The number of amides is 3. The Morgan fingerprint density at radius 3 is 2.38 bits per heavy atom. The molecule has 3 amide bonds. The highest BCUT2D eigenvalue weighted by molar-refractivity contribution is 7.80. The molecule has 0 saturated carbocycles. The lowest BCUT2D eigenvalue weighted by molar-refractivity contribution is -0.141. The molecule has 0 aliphatic heterocycles. The van der Waals surface area contributed by atoms with Crippen LogP contribution in [0.3, 0.4) is 0 Å². The van der Waals surface area contributed by atoms with E-state index >= 15 is 0 Å². The first kappa shape index (κ1) is 26.7. The number of carbonyl (C=O) groups excluding carboxylic acids is 3. The molecular weight excluding hydrogens is 466 g/mol. The Hall–Kier alpha value is -3.58. The fourth-order valence-corrected chi connectivity index (χ4v) is 3.39.